The van der Waals surface area contributed by atoms with Crippen molar-refractivity contribution in [2.75, 3.05) is 27.3 Å². The highest BCUT2D eigenvalue weighted by Gasteiger charge is 2.13. The molecule has 12 heavy (non-hydrogen) atoms. The van der Waals surface area contributed by atoms with Gasteiger partial charge in [-0.3, -0.25) is 0 Å². The number of amides is 2. The number of urea groups is 1. The first-order valence-electron chi connectivity index (χ1n) is 4.10. The smallest absolute Gasteiger partial charge is 0.317 e. The Balaban J connectivity index is 3.95. The minimum Gasteiger partial charge on any atom is -0.383 e. The van der Waals surface area contributed by atoms with E-state index in [1.54, 1.807) is 19.1 Å². The molecule has 72 valence electrons. The summed E-state index contributed by atoms with van der Waals surface area (Å²) in [6, 6.07) is 0.155. The average Bonchev–Trinajstić information content (AvgIpc) is 2.04. The minimum atomic E-state index is -0.0537. The van der Waals surface area contributed by atoms with Gasteiger partial charge in [0.05, 0.1) is 6.61 Å². The molecule has 2 amide bonds. The molecule has 0 aromatic carbocycles. The van der Waals surface area contributed by atoms with Gasteiger partial charge in [0.15, 0.2) is 0 Å². The number of rotatable bonds is 4. The van der Waals surface area contributed by atoms with Crippen molar-refractivity contribution in [1.82, 2.24) is 10.2 Å². The van der Waals surface area contributed by atoms with E-state index in [0.717, 1.165) is 0 Å². The molecule has 0 radical (unpaired) electrons. The molecular weight excluding hydrogens is 156 g/mol. The van der Waals surface area contributed by atoms with Crippen LogP contribution in [0.4, 0.5) is 4.79 Å². The normalized spacial score (nSPS) is 10.1. The van der Waals surface area contributed by atoms with Crippen molar-refractivity contribution in [2.45, 2.75) is 19.9 Å². The Hall–Kier alpha value is -0.770. The van der Waals surface area contributed by atoms with Gasteiger partial charge in [0.1, 0.15) is 0 Å². The topological polar surface area (TPSA) is 41.6 Å². The van der Waals surface area contributed by atoms with E-state index < -0.39 is 0 Å². The van der Waals surface area contributed by atoms with Crippen LogP contribution in [0.2, 0.25) is 0 Å². The summed E-state index contributed by atoms with van der Waals surface area (Å²) in [5, 5.41) is 2.59. The van der Waals surface area contributed by atoms with E-state index in [1.807, 2.05) is 13.8 Å². The fourth-order valence-corrected chi connectivity index (χ4v) is 0.927. The Kier molecular flexibility index (Phi) is 5.45. The summed E-state index contributed by atoms with van der Waals surface area (Å²) >= 11 is 0. The van der Waals surface area contributed by atoms with Crippen LogP contribution in [0.25, 0.3) is 0 Å². The van der Waals surface area contributed by atoms with Crippen LogP contribution in [-0.2, 0) is 4.74 Å². The van der Waals surface area contributed by atoms with Crippen molar-refractivity contribution in [3.05, 3.63) is 0 Å². The van der Waals surface area contributed by atoms with Crippen LogP contribution in [0.5, 0.6) is 0 Å². The number of methoxy groups -OCH3 is 1. The zero-order valence-corrected chi connectivity index (χ0v) is 8.26. The van der Waals surface area contributed by atoms with Crippen LogP contribution in [0.3, 0.4) is 0 Å². The molecule has 0 aromatic rings. The first-order chi connectivity index (χ1) is 5.63. The quantitative estimate of drug-likeness (QED) is 0.681. The molecule has 0 aliphatic rings. The van der Waals surface area contributed by atoms with Gasteiger partial charge in [0.2, 0.25) is 0 Å². The second kappa shape index (κ2) is 5.83. The molecule has 0 aliphatic carbocycles. The zero-order valence-electron chi connectivity index (χ0n) is 8.26. The molecule has 4 nitrogen and oxygen atoms in total. The lowest BCUT2D eigenvalue weighted by Crippen LogP contribution is -2.44. The van der Waals surface area contributed by atoms with Gasteiger partial charge >= 0.3 is 6.03 Å². The SMILES string of the molecule is CNC(=O)N(CCOC)C(C)C. The molecular formula is C8H18N2O2. The number of nitrogens with zero attached hydrogens (tertiary/aromatic N) is 1. The van der Waals surface area contributed by atoms with Gasteiger partial charge in [-0.1, -0.05) is 0 Å². The third-order valence-electron chi connectivity index (χ3n) is 1.63. The number of nitrogens with one attached hydrogen (secondary N) is 1. The molecule has 0 spiro atoms. The Morgan fingerprint density at radius 1 is 1.58 bits per heavy atom. The van der Waals surface area contributed by atoms with Crippen LogP contribution < -0.4 is 5.32 Å². The molecule has 0 saturated carbocycles. The van der Waals surface area contributed by atoms with E-state index in [2.05, 4.69) is 5.32 Å². The predicted octanol–water partition coefficient (Wildman–Crippen LogP) is 0.683. The number of carbonyl (C=O) groups is 1. The molecule has 1 N–H and O–H groups in total. The Morgan fingerprint density at radius 2 is 2.17 bits per heavy atom. The van der Waals surface area contributed by atoms with E-state index in [-0.39, 0.29) is 12.1 Å². The Labute approximate surface area is 73.9 Å². The van der Waals surface area contributed by atoms with E-state index >= 15 is 0 Å². The van der Waals surface area contributed by atoms with Gasteiger partial charge in [-0.15, -0.1) is 0 Å². The summed E-state index contributed by atoms with van der Waals surface area (Å²) in [4.78, 5) is 12.9. The first-order valence-corrected chi connectivity index (χ1v) is 4.10. The number of hydrogen-bond donors (Lipinski definition) is 1. The van der Waals surface area contributed by atoms with E-state index in [1.165, 1.54) is 0 Å². The molecule has 0 rings (SSSR count). The van der Waals surface area contributed by atoms with Gasteiger partial charge in [-0.2, -0.15) is 0 Å². The summed E-state index contributed by atoms with van der Waals surface area (Å²) in [7, 11) is 3.26. The standard InChI is InChI=1S/C8H18N2O2/c1-7(2)10(5-6-12-4)8(11)9-3/h7H,5-6H2,1-4H3,(H,9,11). The summed E-state index contributed by atoms with van der Waals surface area (Å²) in [5.74, 6) is 0. The van der Waals surface area contributed by atoms with E-state index in [0.29, 0.717) is 13.2 Å². The van der Waals surface area contributed by atoms with Gasteiger partial charge in [-0.25, -0.2) is 4.79 Å². The highest BCUT2D eigenvalue weighted by Crippen LogP contribution is 1.97. The van der Waals surface area contributed by atoms with Crippen LogP contribution in [0.15, 0.2) is 0 Å². The second-order valence-electron chi connectivity index (χ2n) is 2.84. The minimum absolute atomic E-state index is 0.0537. The lowest BCUT2D eigenvalue weighted by molar-refractivity contribution is 0.137. The number of hydrogen-bond acceptors (Lipinski definition) is 2. The number of ether oxygens (including phenoxy) is 1. The van der Waals surface area contributed by atoms with Gasteiger partial charge < -0.3 is 15.0 Å². The van der Waals surface area contributed by atoms with E-state index in [4.69, 9.17) is 4.74 Å². The fraction of sp³-hybridized carbons (Fsp3) is 0.875. The van der Waals surface area contributed by atoms with Crippen molar-refractivity contribution < 1.29 is 9.53 Å². The molecule has 4 heteroatoms. The molecule has 0 saturated heterocycles. The maximum atomic E-state index is 11.2. The fourth-order valence-electron chi connectivity index (χ4n) is 0.927. The van der Waals surface area contributed by atoms with Crippen molar-refractivity contribution >= 4 is 6.03 Å². The molecule has 0 fully saturated rings. The average molecular weight is 174 g/mol. The lowest BCUT2D eigenvalue weighted by Gasteiger charge is -2.25. The highest BCUT2D eigenvalue weighted by atomic mass is 16.5. The van der Waals surface area contributed by atoms with Gasteiger partial charge in [0, 0.05) is 26.7 Å². The largest absolute Gasteiger partial charge is 0.383 e. The maximum Gasteiger partial charge on any atom is 0.317 e. The van der Waals surface area contributed by atoms with Crippen LogP contribution >= 0.6 is 0 Å². The Bertz CT molecular complexity index is 137. The zero-order chi connectivity index (χ0) is 9.56. The molecule has 0 bridgehead atoms. The monoisotopic (exact) mass is 174 g/mol. The van der Waals surface area contributed by atoms with Crippen molar-refractivity contribution in [3.8, 4) is 0 Å². The molecule has 0 heterocycles. The van der Waals surface area contributed by atoms with E-state index in [9.17, 15) is 4.79 Å². The third-order valence-corrected chi connectivity index (χ3v) is 1.63. The highest BCUT2D eigenvalue weighted by molar-refractivity contribution is 5.74. The van der Waals surface area contributed by atoms with Crippen molar-refractivity contribution in [3.63, 3.8) is 0 Å². The summed E-state index contributed by atoms with van der Waals surface area (Å²) in [6.45, 7) is 5.16. The van der Waals surface area contributed by atoms with Crippen LogP contribution in [0, 0.1) is 0 Å². The van der Waals surface area contributed by atoms with Crippen molar-refractivity contribution in [1.29, 1.82) is 0 Å². The maximum absolute atomic E-state index is 11.2. The predicted molar refractivity (Wildman–Crippen MR) is 48.2 cm³/mol. The summed E-state index contributed by atoms with van der Waals surface area (Å²) in [5.41, 5.74) is 0. The molecule has 0 aromatic heterocycles. The molecule has 0 aliphatic heterocycles. The first kappa shape index (κ1) is 11.2. The summed E-state index contributed by atoms with van der Waals surface area (Å²) < 4.78 is 4.90. The van der Waals surface area contributed by atoms with Gasteiger partial charge in [-0.05, 0) is 13.8 Å². The Morgan fingerprint density at radius 3 is 2.50 bits per heavy atom. The molecule has 0 unspecified atom stereocenters. The lowest BCUT2D eigenvalue weighted by atomic mass is 10.3. The van der Waals surface area contributed by atoms with Crippen LogP contribution in [0.1, 0.15) is 13.8 Å². The van der Waals surface area contributed by atoms with Crippen LogP contribution in [-0.4, -0.2) is 44.3 Å². The third kappa shape index (κ3) is 3.57. The molecule has 0 atom stereocenters. The second-order valence-corrected chi connectivity index (χ2v) is 2.84. The van der Waals surface area contributed by atoms with Crippen molar-refractivity contribution in [2.24, 2.45) is 0 Å². The number of carbonyl (C=O) groups excluding carboxylic acids is 1. The summed E-state index contributed by atoms with van der Waals surface area (Å²) in [6.07, 6.45) is 0. The van der Waals surface area contributed by atoms with Gasteiger partial charge in [0.25, 0.3) is 0 Å².